The van der Waals surface area contributed by atoms with Crippen LogP contribution < -0.4 is 14.8 Å². The number of amides is 1. The average Bonchev–Trinajstić information content (AvgIpc) is 2.54. The van der Waals surface area contributed by atoms with E-state index in [-0.39, 0.29) is 24.0 Å². The number of ether oxygens (including phenoxy) is 1. The predicted molar refractivity (Wildman–Crippen MR) is 90.9 cm³/mol. The first kappa shape index (κ1) is 16.8. The van der Waals surface area contributed by atoms with E-state index in [2.05, 4.69) is 10.0 Å². The highest BCUT2D eigenvalue weighted by Crippen LogP contribution is 2.29. The number of rotatable bonds is 5. The molecule has 0 bridgehead atoms. The molecule has 0 saturated heterocycles. The van der Waals surface area contributed by atoms with Crippen LogP contribution in [0.4, 0.5) is 5.69 Å². The zero-order valence-electron chi connectivity index (χ0n) is 12.6. The highest BCUT2D eigenvalue weighted by molar-refractivity contribution is 7.89. The number of carbonyl (C=O) groups is 1. The molecule has 0 aromatic heterocycles. The maximum atomic E-state index is 12.4. The molecular weight excluding hydrogens is 352 g/mol. The van der Waals surface area contributed by atoms with E-state index in [9.17, 15) is 13.2 Å². The van der Waals surface area contributed by atoms with Gasteiger partial charge in [-0.15, -0.1) is 0 Å². The van der Waals surface area contributed by atoms with E-state index >= 15 is 0 Å². The summed E-state index contributed by atoms with van der Waals surface area (Å²) in [7, 11) is -3.68. The van der Waals surface area contributed by atoms with Crippen molar-refractivity contribution >= 4 is 33.2 Å². The molecule has 1 heterocycles. The van der Waals surface area contributed by atoms with Gasteiger partial charge in [0.15, 0.2) is 6.61 Å². The van der Waals surface area contributed by atoms with Gasteiger partial charge in [0.1, 0.15) is 5.75 Å². The molecule has 2 N–H and O–H groups in total. The first-order valence-electron chi connectivity index (χ1n) is 7.25. The quantitative estimate of drug-likeness (QED) is 0.849. The zero-order chi connectivity index (χ0) is 17.2. The van der Waals surface area contributed by atoms with Crippen molar-refractivity contribution in [2.75, 3.05) is 18.5 Å². The topological polar surface area (TPSA) is 84.5 Å². The zero-order valence-corrected chi connectivity index (χ0v) is 14.2. The van der Waals surface area contributed by atoms with E-state index in [1.54, 1.807) is 12.1 Å². The summed E-state index contributed by atoms with van der Waals surface area (Å²) in [6, 6.07) is 11.6. The van der Waals surface area contributed by atoms with E-state index < -0.39 is 10.0 Å². The Kier molecular flexibility index (Phi) is 4.75. The van der Waals surface area contributed by atoms with Gasteiger partial charge in [-0.3, -0.25) is 4.79 Å². The van der Waals surface area contributed by atoms with Crippen molar-refractivity contribution in [3.05, 3.63) is 53.1 Å². The Bertz CT molecular complexity index is 883. The van der Waals surface area contributed by atoms with Crippen LogP contribution in [0, 0.1) is 0 Å². The predicted octanol–water partition coefficient (Wildman–Crippen LogP) is 2.19. The molecule has 0 fully saturated rings. The largest absolute Gasteiger partial charge is 0.482 e. The number of hydrogen-bond donors (Lipinski definition) is 2. The number of halogens is 1. The molecule has 2 aromatic rings. The summed E-state index contributed by atoms with van der Waals surface area (Å²) in [5.74, 6) is 0.137. The first-order chi connectivity index (χ1) is 11.4. The molecule has 0 saturated carbocycles. The highest BCUT2D eigenvalue weighted by Gasteiger charge is 2.20. The van der Waals surface area contributed by atoms with Crippen LogP contribution in [0.3, 0.4) is 0 Å². The minimum Gasteiger partial charge on any atom is -0.482 e. The second-order valence-electron chi connectivity index (χ2n) is 5.27. The number of sulfonamides is 1. The highest BCUT2D eigenvalue weighted by atomic mass is 35.5. The van der Waals surface area contributed by atoms with Crippen LogP contribution in [0.2, 0.25) is 5.02 Å². The molecule has 0 radical (unpaired) electrons. The maximum absolute atomic E-state index is 12.4. The fourth-order valence-corrected chi connectivity index (χ4v) is 3.61. The summed E-state index contributed by atoms with van der Waals surface area (Å²) >= 11 is 5.90. The van der Waals surface area contributed by atoms with Gasteiger partial charge in [-0.05, 0) is 42.3 Å². The van der Waals surface area contributed by atoms with E-state index in [1.165, 1.54) is 18.2 Å². The Morgan fingerprint density at radius 2 is 2.04 bits per heavy atom. The molecule has 8 heteroatoms. The summed E-state index contributed by atoms with van der Waals surface area (Å²) < 4.78 is 32.5. The summed E-state index contributed by atoms with van der Waals surface area (Å²) in [5, 5.41) is 3.20. The molecule has 24 heavy (non-hydrogen) atoms. The lowest BCUT2D eigenvalue weighted by molar-refractivity contribution is -0.118. The first-order valence-corrected chi connectivity index (χ1v) is 9.11. The fourth-order valence-electron chi connectivity index (χ4n) is 2.33. The lowest BCUT2D eigenvalue weighted by Gasteiger charge is -2.18. The van der Waals surface area contributed by atoms with Gasteiger partial charge < -0.3 is 10.1 Å². The Morgan fingerprint density at radius 1 is 1.21 bits per heavy atom. The van der Waals surface area contributed by atoms with Gasteiger partial charge in [-0.25, -0.2) is 13.1 Å². The lowest BCUT2D eigenvalue weighted by atomic mass is 10.2. The molecule has 0 atom stereocenters. The van der Waals surface area contributed by atoms with E-state index in [0.29, 0.717) is 22.9 Å². The Balaban J connectivity index is 1.69. The summed E-state index contributed by atoms with van der Waals surface area (Å²) in [4.78, 5) is 11.4. The van der Waals surface area contributed by atoms with E-state index in [0.717, 1.165) is 5.56 Å². The molecule has 3 rings (SSSR count). The van der Waals surface area contributed by atoms with Crippen molar-refractivity contribution in [3.8, 4) is 5.75 Å². The monoisotopic (exact) mass is 366 g/mol. The van der Waals surface area contributed by atoms with Crippen LogP contribution in [0.25, 0.3) is 0 Å². The van der Waals surface area contributed by atoms with Gasteiger partial charge in [-0.2, -0.15) is 0 Å². The molecule has 1 amide bonds. The molecule has 1 aliphatic rings. The standard InChI is InChI=1S/C16H15ClN2O4S/c17-12-3-1-2-11(8-12)6-7-18-24(21,22)13-4-5-15-14(9-13)19-16(20)10-23-15/h1-5,8-9,18H,6-7,10H2,(H,19,20). The Labute approximate surface area is 144 Å². The molecule has 0 unspecified atom stereocenters. The second kappa shape index (κ2) is 6.80. The van der Waals surface area contributed by atoms with Gasteiger partial charge in [0.2, 0.25) is 10.0 Å². The SMILES string of the molecule is O=C1COc2ccc(S(=O)(=O)NCCc3cccc(Cl)c3)cc2N1. The number of nitrogens with one attached hydrogen (secondary N) is 2. The fraction of sp³-hybridized carbons (Fsp3) is 0.188. The van der Waals surface area contributed by atoms with Gasteiger partial charge in [0, 0.05) is 11.6 Å². The molecule has 126 valence electrons. The smallest absolute Gasteiger partial charge is 0.262 e. The molecule has 6 nitrogen and oxygen atoms in total. The number of hydrogen-bond acceptors (Lipinski definition) is 4. The van der Waals surface area contributed by atoms with Crippen molar-refractivity contribution < 1.29 is 17.9 Å². The van der Waals surface area contributed by atoms with Crippen molar-refractivity contribution in [2.45, 2.75) is 11.3 Å². The molecule has 2 aromatic carbocycles. The lowest BCUT2D eigenvalue weighted by Crippen LogP contribution is -2.28. The number of carbonyl (C=O) groups excluding carboxylic acids is 1. The normalized spacial score (nSPS) is 13.8. The number of anilines is 1. The molecule has 0 spiro atoms. The van der Waals surface area contributed by atoms with Crippen LogP contribution in [-0.4, -0.2) is 27.5 Å². The van der Waals surface area contributed by atoms with Crippen molar-refractivity contribution in [3.63, 3.8) is 0 Å². The third kappa shape index (κ3) is 3.87. The second-order valence-corrected chi connectivity index (χ2v) is 7.48. The Hall–Kier alpha value is -2.09. The van der Waals surface area contributed by atoms with Crippen LogP contribution in [0.5, 0.6) is 5.75 Å². The van der Waals surface area contributed by atoms with Crippen molar-refractivity contribution in [1.82, 2.24) is 4.72 Å². The summed E-state index contributed by atoms with van der Waals surface area (Å²) in [5.41, 5.74) is 1.29. The van der Waals surface area contributed by atoms with Crippen LogP contribution in [0.15, 0.2) is 47.4 Å². The van der Waals surface area contributed by atoms with Gasteiger partial charge in [0.25, 0.3) is 5.91 Å². The van der Waals surface area contributed by atoms with E-state index in [1.807, 2.05) is 12.1 Å². The average molecular weight is 367 g/mol. The summed E-state index contributed by atoms with van der Waals surface area (Å²) in [6.07, 6.45) is 0.518. The Morgan fingerprint density at radius 3 is 2.83 bits per heavy atom. The van der Waals surface area contributed by atoms with Crippen LogP contribution >= 0.6 is 11.6 Å². The molecule has 0 aliphatic carbocycles. The number of fused-ring (bicyclic) bond motifs is 1. The van der Waals surface area contributed by atoms with Gasteiger partial charge in [0.05, 0.1) is 10.6 Å². The molecular formula is C16H15ClN2O4S. The van der Waals surface area contributed by atoms with E-state index in [4.69, 9.17) is 16.3 Å². The van der Waals surface area contributed by atoms with Crippen LogP contribution in [-0.2, 0) is 21.2 Å². The number of benzene rings is 2. The van der Waals surface area contributed by atoms with Gasteiger partial charge >= 0.3 is 0 Å². The van der Waals surface area contributed by atoms with Crippen LogP contribution in [0.1, 0.15) is 5.56 Å². The maximum Gasteiger partial charge on any atom is 0.262 e. The van der Waals surface area contributed by atoms with Crippen molar-refractivity contribution in [2.24, 2.45) is 0 Å². The summed E-state index contributed by atoms with van der Waals surface area (Å²) in [6.45, 7) is 0.166. The minimum absolute atomic E-state index is 0.0677. The van der Waals surface area contributed by atoms with Gasteiger partial charge in [-0.1, -0.05) is 23.7 Å². The minimum atomic E-state index is -3.68. The third-order valence-electron chi connectivity index (χ3n) is 3.49. The van der Waals surface area contributed by atoms with Crippen molar-refractivity contribution in [1.29, 1.82) is 0 Å². The molecule has 1 aliphatic heterocycles. The third-order valence-corrected chi connectivity index (χ3v) is 5.18.